The summed E-state index contributed by atoms with van der Waals surface area (Å²) >= 11 is 4.90. The Morgan fingerprint density at radius 2 is 2.29 bits per heavy atom. The lowest BCUT2D eigenvalue weighted by Gasteiger charge is -2.07. The number of hydrogen-bond acceptors (Lipinski definition) is 3. The van der Waals surface area contributed by atoms with Crippen LogP contribution in [0.15, 0.2) is 39.6 Å². The first kappa shape index (κ1) is 14.4. The van der Waals surface area contributed by atoms with Crippen molar-refractivity contribution in [2.24, 2.45) is 0 Å². The molecule has 0 saturated carbocycles. The monoisotopic (exact) mass is 363 g/mol. The SMILES string of the molecule is CCCOc1cccc2[nH]cc(C(=O)c3csc(Br)c3)c12. The van der Waals surface area contributed by atoms with E-state index in [-0.39, 0.29) is 5.78 Å². The smallest absolute Gasteiger partial charge is 0.196 e. The van der Waals surface area contributed by atoms with Crippen molar-refractivity contribution in [1.29, 1.82) is 0 Å². The van der Waals surface area contributed by atoms with Gasteiger partial charge in [0, 0.05) is 22.7 Å². The van der Waals surface area contributed by atoms with Gasteiger partial charge in [0.1, 0.15) is 5.75 Å². The van der Waals surface area contributed by atoms with Gasteiger partial charge >= 0.3 is 0 Å². The number of carbonyl (C=O) groups excluding carboxylic acids is 1. The van der Waals surface area contributed by atoms with Gasteiger partial charge < -0.3 is 9.72 Å². The number of H-pyrrole nitrogens is 1. The zero-order valence-electron chi connectivity index (χ0n) is 11.5. The predicted molar refractivity (Wildman–Crippen MR) is 89.5 cm³/mol. The molecule has 3 nitrogen and oxygen atoms in total. The Morgan fingerprint density at radius 1 is 1.43 bits per heavy atom. The molecule has 0 bridgehead atoms. The van der Waals surface area contributed by atoms with Crippen molar-refractivity contribution >= 4 is 44.0 Å². The fourth-order valence-electron chi connectivity index (χ4n) is 2.25. The summed E-state index contributed by atoms with van der Waals surface area (Å²) in [6, 6.07) is 7.64. The van der Waals surface area contributed by atoms with Gasteiger partial charge in [-0.05, 0) is 40.5 Å². The number of ether oxygens (including phenoxy) is 1. The number of aromatic nitrogens is 1. The maximum atomic E-state index is 12.7. The van der Waals surface area contributed by atoms with Crippen molar-refractivity contribution in [3.8, 4) is 5.75 Å². The molecular weight excluding hydrogens is 350 g/mol. The summed E-state index contributed by atoms with van der Waals surface area (Å²) in [6.07, 6.45) is 2.69. The molecule has 3 rings (SSSR count). The minimum atomic E-state index is 0.00995. The van der Waals surface area contributed by atoms with Gasteiger partial charge in [-0.1, -0.05) is 13.0 Å². The van der Waals surface area contributed by atoms with Crippen LogP contribution in [0.1, 0.15) is 29.3 Å². The fraction of sp³-hybridized carbons (Fsp3) is 0.188. The van der Waals surface area contributed by atoms with Crippen molar-refractivity contribution < 1.29 is 9.53 Å². The Morgan fingerprint density at radius 3 is 3.00 bits per heavy atom. The summed E-state index contributed by atoms with van der Waals surface area (Å²) < 4.78 is 6.73. The van der Waals surface area contributed by atoms with Gasteiger partial charge in [-0.15, -0.1) is 11.3 Å². The van der Waals surface area contributed by atoms with Crippen LogP contribution in [-0.2, 0) is 0 Å². The zero-order chi connectivity index (χ0) is 14.8. The third-order valence-electron chi connectivity index (χ3n) is 3.20. The van der Waals surface area contributed by atoms with Crippen LogP contribution in [-0.4, -0.2) is 17.4 Å². The van der Waals surface area contributed by atoms with Crippen LogP contribution in [0.4, 0.5) is 0 Å². The molecule has 0 aliphatic carbocycles. The molecule has 108 valence electrons. The molecule has 0 atom stereocenters. The van der Waals surface area contributed by atoms with Crippen LogP contribution in [0.5, 0.6) is 5.75 Å². The second kappa shape index (κ2) is 6.03. The normalized spacial score (nSPS) is 11.0. The van der Waals surface area contributed by atoms with Gasteiger partial charge in [-0.2, -0.15) is 0 Å². The molecular formula is C16H14BrNO2S. The Kier molecular flexibility index (Phi) is 4.12. The maximum Gasteiger partial charge on any atom is 0.196 e. The summed E-state index contributed by atoms with van der Waals surface area (Å²) in [4.78, 5) is 15.8. The second-order valence-corrected chi connectivity index (χ2v) is 6.99. The van der Waals surface area contributed by atoms with E-state index in [0.29, 0.717) is 17.7 Å². The largest absolute Gasteiger partial charge is 0.493 e. The molecule has 21 heavy (non-hydrogen) atoms. The van der Waals surface area contributed by atoms with E-state index in [9.17, 15) is 4.79 Å². The van der Waals surface area contributed by atoms with E-state index in [1.54, 1.807) is 6.20 Å². The van der Waals surface area contributed by atoms with Crippen molar-refractivity contribution in [2.45, 2.75) is 13.3 Å². The van der Waals surface area contributed by atoms with Gasteiger partial charge in [-0.25, -0.2) is 0 Å². The van der Waals surface area contributed by atoms with Crippen LogP contribution in [0.2, 0.25) is 0 Å². The highest BCUT2D eigenvalue weighted by Gasteiger charge is 2.18. The number of halogens is 1. The highest BCUT2D eigenvalue weighted by molar-refractivity contribution is 9.11. The highest BCUT2D eigenvalue weighted by Crippen LogP contribution is 2.31. The molecule has 0 unspecified atom stereocenters. The van der Waals surface area contributed by atoms with Gasteiger partial charge in [-0.3, -0.25) is 4.79 Å². The first-order valence-electron chi connectivity index (χ1n) is 6.72. The van der Waals surface area contributed by atoms with Crippen LogP contribution in [0.25, 0.3) is 10.9 Å². The van der Waals surface area contributed by atoms with Crippen LogP contribution in [0, 0.1) is 0 Å². The molecule has 0 amide bonds. The van der Waals surface area contributed by atoms with Gasteiger partial charge in [0.25, 0.3) is 0 Å². The first-order valence-corrected chi connectivity index (χ1v) is 8.39. The molecule has 0 radical (unpaired) electrons. The molecule has 1 aromatic carbocycles. The molecule has 0 fully saturated rings. The number of thiophene rings is 1. The molecule has 0 aliphatic rings. The van der Waals surface area contributed by atoms with Crippen molar-refractivity contribution in [3.05, 3.63) is 50.8 Å². The highest BCUT2D eigenvalue weighted by atomic mass is 79.9. The molecule has 0 saturated heterocycles. The molecule has 1 N–H and O–H groups in total. The number of rotatable bonds is 5. The number of benzene rings is 1. The fourth-order valence-corrected chi connectivity index (χ4v) is 3.38. The second-order valence-electron chi connectivity index (χ2n) is 4.70. The van der Waals surface area contributed by atoms with E-state index < -0.39 is 0 Å². The lowest BCUT2D eigenvalue weighted by molar-refractivity contribution is 0.104. The van der Waals surface area contributed by atoms with Crippen LogP contribution >= 0.6 is 27.3 Å². The lowest BCUT2D eigenvalue weighted by atomic mass is 10.0. The van der Waals surface area contributed by atoms with E-state index in [4.69, 9.17) is 4.74 Å². The van der Waals surface area contributed by atoms with Gasteiger partial charge in [0.05, 0.1) is 21.3 Å². The van der Waals surface area contributed by atoms with Crippen molar-refractivity contribution in [1.82, 2.24) is 4.98 Å². The molecule has 5 heteroatoms. The standard InChI is InChI=1S/C16H14BrNO2S/c1-2-6-20-13-5-3-4-12-15(13)11(8-18-12)16(19)10-7-14(17)21-9-10/h3-5,7-9,18H,2,6H2,1H3. The van der Waals surface area contributed by atoms with Crippen LogP contribution in [0.3, 0.4) is 0 Å². The average molecular weight is 364 g/mol. The maximum absolute atomic E-state index is 12.7. The van der Waals surface area contributed by atoms with Gasteiger partial charge in [0.2, 0.25) is 0 Å². The predicted octanol–water partition coefficient (Wildman–Crippen LogP) is 5.01. The number of aromatic amines is 1. The van der Waals surface area contributed by atoms with E-state index in [1.165, 1.54) is 11.3 Å². The zero-order valence-corrected chi connectivity index (χ0v) is 13.9. The number of ketones is 1. The van der Waals surface area contributed by atoms with Gasteiger partial charge in [0.15, 0.2) is 5.78 Å². The first-order chi connectivity index (χ1) is 10.2. The Hall–Kier alpha value is -1.59. The number of hydrogen-bond donors (Lipinski definition) is 1. The molecule has 2 heterocycles. The molecule has 0 spiro atoms. The Balaban J connectivity index is 2.08. The van der Waals surface area contributed by atoms with E-state index >= 15 is 0 Å². The molecule has 3 aromatic rings. The number of carbonyl (C=O) groups is 1. The van der Waals surface area contributed by atoms with Crippen LogP contribution < -0.4 is 4.74 Å². The summed E-state index contributed by atoms with van der Waals surface area (Å²) in [7, 11) is 0. The minimum Gasteiger partial charge on any atom is -0.493 e. The van der Waals surface area contributed by atoms with E-state index in [2.05, 4.69) is 27.8 Å². The van der Waals surface area contributed by atoms with E-state index in [1.807, 2.05) is 29.6 Å². The summed E-state index contributed by atoms with van der Waals surface area (Å²) in [5, 5.41) is 2.72. The summed E-state index contributed by atoms with van der Waals surface area (Å²) in [5.74, 6) is 0.768. The molecule has 2 aromatic heterocycles. The third kappa shape index (κ3) is 2.76. The Bertz CT molecular complexity index is 791. The molecule has 0 aliphatic heterocycles. The van der Waals surface area contributed by atoms with Crippen molar-refractivity contribution in [3.63, 3.8) is 0 Å². The lowest BCUT2D eigenvalue weighted by Crippen LogP contribution is -2.00. The topological polar surface area (TPSA) is 42.1 Å². The minimum absolute atomic E-state index is 0.00995. The van der Waals surface area contributed by atoms with E-state index in [0.717, 1.165) is 26.9 Å². The van der Waals surface area contributed by atoms with Crippen molar-refractivity contribution in [2.75, 3.05) is 6.61 Å². The third-order valence-corrected chi connectivity index (χ3v) is 4.71. The quantitative estimate of drug-likeness (QED) is 0.647. The number of fused-ring (bicyclic) bond motifs is 1. The average Bonchev–Trinajstić information content (AvgIpc) is 3.11. The number of nitrogens with one attached hydrogen (secondary N) is 1. The Labute approximate surface area is 135 Å². The summed E-state index contributed by atoms with van der Waals surface area (Å²) in [5.41, 5.74) is 2.27. The summed E-state index contributed by atoms with van der Waals surface area (Å²) in [6.45, 7) is 2.70.